The van der Waals surface area contributed by atoms with Crippen LogP contribution in [0.4, 0.5) is 0 Å². The van der Waals surface area contributed by atoms with Gasteiger partial charge in [0.25, 0.3) is 0 Å². The van der Waals surface area contributed by atoms with Crippen LogP contribution in [-0.4, -0.2) is 26.2 Å². The van der Waals surface area contributed by atoms with E-state index in [-0.39, 0.29) is 0 Å². The van der Waals surface area contributed by atoms with Gasteiger partial charge in [-0.15, -0.1) is 5.73 Å². The number of hydrogen-bond donors (Lipinski definition) is 2. The topological polar surface area (TPSA) is 24.1 Å². The van der Waals surface area contributed by atoms with Crippen LogP contribution in [0, 0.1) is 0 Å². The van der Waals surface area contributed by atoms with Gasteiger partial charge >= 0.3 is 0 Å². The molecule has 0 saturated heterocycles. The first-order chi connectivity index (χ1) is 5.91. The number of likely N-dealkylation sites (N-methyl/N-ethyl adjacent to an activating group) is 1. The molecule has 0 fully saturated rings. The van der Waals surface area contributed by atoms with Crippen LogP contribution in [0.1, 0.15) is 6.92 Å². The first kappa shape index (κ1) is 11.2. The summed E-state index contributed by atoms with van der Waals surface area (Å²) >= 11 is 0. The van der Waals surface area contributed by atoms with Crippen molar-refractivity contribution in [1.29, 1.82) is 0 Å². The Morgan fingerprint density at radius 2 is 1.83 bits per heavy atom. The largest absolute Gasteiger partial charge is 0.314 e. The molecule has 0 atom stereocenters. The molecule has 0 aromatic heterocycles. The Balaban J connectivity index is 3.07. The Hall–Kier alpha value is -0.820. The SMILES string of the molecule is C=C=CCNCC=CCNCC. The summed E-state index contributed by atoms with van der Waals surface area (Å²) in [7, 11) is 0. The van der Waals surface area contributed by atoms with Crippen LogP contribution in [0.2, 0.25) is 0 Å². The maximum atomic E-state index is 3.47. The molecule has 0 bridgehead atoms. The molecular weight excluding hydrogens is 148 g/mol. The lowest BCUT2D eigenvalue weighted by atomic mass is 10.4. The highest BCUT2D eigenvalue weighted by atomic mass is 14.8. The van der Waals surface area contributed by atoms with Gasteiger partial charge in [0.15, 0.2) is 0 Å². The fourth-order valence-electron chi connectivity index (χ4n) is 0.705. The highest BCUT2D eigenvalue weighted by Crippen LogP contribution is 1.69. The van der Waals surface area contributed by atoms with Crippen molar-refractivity contribution in [2.24, 2.45) is 0 Å². The molecule has 2 heteroatoms. The summed E-state index contributed by atoms with van der Waals surface area (Å²) < 4.78 is 0. The molecule has 2 nitrogen and oxygen atoms in total. The van der Waals surface area contributed by atoms with Crippen molar-refractivity contribution in [2.45, 2.75) is 6.92 Å². The molecule has 0 heterocycles. The third kappa shape index (κ3) is 9.18. The van der Waals surface area contributed by atoms with Crippen molar-refractivity contribution in [3.05, 3.63) is 30.5 Å². The fourth-order valence-corrected chi connectivity index (χ4v) is 0.705. The van der Waals surface area contributed by atoms with Gasteiger partial charge in [-0.1, -0.05) is 25.7 Å². The molecule has 0 unspecified atom stereocenters. The summed E-state index contributed by atoms with van der Waals surface area (Å²) in [6, 6.07) is 0. The molecule has 0 amide bonds. The minimum absolute atomic E-state index is 0.842. The van der Waals surface area contributed by atoms with Crippen molar-refractivity contribution >= 4 is 0 Å². The van der Waals surface area contributed by atoms with Gasteiger partial charge in [-0.2, -0.15) is 0 Å². The Kier molecular flexibility index (Phi) is 9.48. The maximum Gasteiger partial charge on any atom is 0.0212 e. The van der Waals surface area contributed by atoms with Gasteiger partial charge in [0, 0.05) is 19.6 Å². The lowest BCUT2D eigenvalue weighted by Crippen LogP contribution is -2.15. The lowest BCUT2D eigenvalue weighted by molar-refractivity contribution is 0.791. The zero-order chi connectivity index (χ0) is 9.07. The predicted molar refractivity (Wildman–Crippen MR) is 54.3 cm³/mol. The van der Waals surface area contributed by atoms with E-state index in [4.69, 9.17) is 0 Å². The average Bonchev–Trinajstić information content (AvgIpc) is 2.10. The molecule has 0 saturated carbocycles. The van der Waals surface area contributed by atoms with Crippen molar-refractivity contribution < 1.29 is 0 Å². The third-order valence-corrected chi connectivity index (χ3v) is 1.33. The molecule has 0 spiro atoms. The lowest BCUT2D eigenvalue weighted by Gasteiger charge is -1.95. The van der Waals surface area contributed by atoms with Gasteiger partial charge in [-0.3, -0.25) is 0 Å². The highest BCUT2D eigenvalue weighted by molar-refractivity contribution is 4.87. The van der Waals surface area contributed by atoms with Crippen LogP contribution in [0.15, 0.2) is 30.5 Å². The highest BCUT2D eigenvalue weighted by Gasteiger charge is 1.76. The van der Waals surface area contributed by atoms with Crippen LogP contribution in [0.5, 0.6) is 0 Å². The summed E-state index contributed by atoms with van der Waals surface area (Å²) in [6.45, 7) is 9.30. The van der Waals surface area contributed by atoms with E-state index in [1.807, 2.05) is 6.08 Å². The van der Waals surface area contributed by atoms with Crippen LogP contribution in [0.3, 0.4) is 0 Å². The van der Waals surface area contributed by atoms with Gasteiger partial charge in [0.05, 0.1) is 0 Å². The van der Waals surface area contributed by atoms with E-state index in [1.165, 1.54) is 0 Å². The summed E-state index contributed by atoms with van der Waals surface area (Å²) in [4.78, 5) is 0. The van der Waals surface area contributed by atoms with Crippen molar-refractivity contribution in [3.63, 3.8) is 0 Å². The maximum absolute atomic E-state index is 3.47. The third-order valence-electron chi connectivity index (χ3n) is 1.33. The number of rotatable bonds is 7. The molecular formula is C10H18N2. The van der Waals surface area contributed by atoms with Crippen LogP contribution in [0.25, 0.3) is 0 Å². The summed E-state index contributed by atoms with van der Waals surface area (Å²) in [5, 5.41) is 6.40. The monoisotopic (exact) mass is 166 g/mol. The standard InChI is InChI=1S/C10H18N2/c1-3-5-8-12-10-7-6-9-11-4-2/h5-7,11-12H,1,4,8-10H2,2H3. The number of nitrogens with one attached hydrogen (secondary N) is 2. The van der Waals surface area contributed by atoms with E-state index in [9.17, 15) is 0 Å². The summed E-state index contributed by atoms with van der Waals surface area (Å²) in [5.41, 5.74) is 2.70. The molecule has 12 heavy (non-hydrogen) atoms. The van der Waals surface area contributed by atoms with E-state index < -0.39 is 0 Å². The Bertz CT molecular complexity index is 155. The number of hydrogen-bond acceptors (Lipinski definition) is 2. The Morgan fingerprint density at radius 3 is 2.42 bits per heavy atom. The first-order valence-corrected chi connectivity index (χ1v) is 4.32. The van der Waals surface area contributed by atoms with Gasteiger partial charge < -0.3 is 10.6 Å². The normalized spacial score (nSPS) is 10.1. The average molecular weight is 166 g/mol. The molecule has 0 aliphatic rings. The quantitative estimate of drug-likeness (QED) is 0.336. The minimum Gasteiger partial charge on any atom is -0.314 e. The van der Waals surface area contributed by atoms with Crippen molar-refractivity contribution in [2.75, 3.05) is 26.2 Å². The van der Waals surface area contributed by atoms with E-state index in [0.29, 0.717) is 0 Å². The minimum atomic E-state index is 0.842. The van der Waals surface area contributed by atoms with E-state index >= 15 is 0 Å². The molecule has 68 valence electrons. The van der Waals surface area contributed by atoms with Crippen molar-refractivity contribution in [3.8, 4) is 0 Å². The molecule has 0 radical (unpaired) electrons. The molecule has 0 aromatic carbocycles. The molecule has 0 aromatic rings. The Morgan fingerprint density at radius 1 is 1.17 bits per heavy atom. The molecule has 2 N–H and O–H groups in total. The Labute approximate surface area is 75.1 Å². The van der Waals surface area contributed by atoms with Crippen molar-refractivity contribution in [1.82, 2.24) is 10.6 Å². The summed E-state index contributed by atoms with van der Waals surface area (Å²) in [6.07, 6.45) is 6.10. The van der Waals surface area contributed by atoms with Gasteiger partial charge in [-0.25, -0.2) is 0 Å². The van der Waals surface area contributed by atoms with Crippen LogP contribution < -0.4 is 10.6 Å². The zero-order valence-corrected chi connectivity index (χ0v) is 7.77. The van der Waals surface area contributed by atoms with Gasteiger partial charge in [0.1, 0.15) is 0 Å². The fraction of sp³-hybridized carbons (Fsp3) is 0.500. The predicted octanol–water partition coefficient (Wildman–Crippen LogP) is 1.08. The molecule has 0 aliphatic carbocycles. The second kappa shape index (κ2) is 10.2. The second-order valence-corrected chi connectivity index (χ2v) is 2.35. The first-order valence-electron chi connectivity index (χ1n) is 4.32. The molecule has 0 aliphatic heterocycles. The van der Waals surface area contributed by atoms with E-state index in [1.54, 1.807) is 0 Å². The van der Waals surface area contributed by atoms with Gasteiger partial charge in [0.2, 0.25) is 0 Å². The summed E-state index contributed by atoms with van der Waals surface area (Å²) in [5.74, 6) is 0. The van der Waals surface area contributed by atoms with E-state index in [2.05, 4.69) is 42.0 Å². The van der Waals surface area contributed by atoms with Crippen LogP contribution >= 0.6 is 0 Å². The van der Waals surface area contributed by atoms with Crippen LogP contribution in [-0.2, 0) is 0 Å². The smallest absolute Gasteiger partial charge is 0.0212 e. The molecule has 0 rings (SSSR count). The van der Waals surface area contributed by atoms with E-state index in [0.717, 1.165) is 26.2 Å². The second-order valence-electron chi connectivity index (χ2n) is 2.35. The van der Waals surface area contributed by atoms with Gasteiger partial charge in [-0.05, 0) is 12.6 Å². The zero-order valence-electron chi connectivity index (χ0n) is 7.77.